The lowest BCUT2D eigenvalue weighted by Gasteiger charge is -2.12. The van der Waals surface area contributed by atoms with Crippen molar-refractivity contribution in [3.05, 3.63) is 99.6 Å². The molecule has 0 saturated carbocycles. The van der Waals surface area contributed by atoms with E-state index in [2.05, 4.69) is 46.8 Å². The molecule has 150 valence electrons. The van der Waals surface area contributed by atoms with Crippen LogP contribution in [0.4, 0.5) is 5.69 Å². The highest BCUT2D eigenvalue weighted by Gasteiger charge is 2.17. The van der Waals surface area contributed by atoms with Gasteiger partial charge >= 0.3 is 0 Å². The van der Waals surface area contributed by atoms with Crippen molar-refractivity contribution >= 4 is 17.4 Å². The molecule has 0 aliphatic carbocycles. The van der Waals surface area contributed by atoms with Crippen LogP contribution < -0.4 is 0 Å². The minimum atomic E-state index is -0.389. The molecule has 0 aliphatic rings. The van der Waals surface area contributed by atoms with Gasteiger partial charge in [0.1, 0.15) is 0 Å². The molecular formula is C23H20N4O2S. The molecule has 1 aromatic heterocycles. The zero-order valence-corrected chi connectivity index (χ0v) is 17.5. The van der Waals surface area contributed by atoms with Crippen molar-refractivity contribution in [1.29, 1.82) is 0 Å². The van der Waals surface area contributed by atoms with Gasteiger partial charge in [0.2, 0.25) is 0 Å². The normalized spacial score (nSPS) is 10.9. The fraction of sp³-hybridized carbons (Fsp3) is 0.130. The smallest absolute Gasteiger partial charge is 0.269 e. The van der Waals surface area contributed by atoms with Crippen LogP contribution in [0.3, 0.4) is 0 Å². The van der Waals surface area contributed by atoms with Crippen LogP contribution in [0.25, 0.3) is 17.1 Å². The molecule has 0 saturated heterocycles. The number of nitro benzene ring substituents is 1. The molecule has 0 unspecified atom stereocenters. The SMILES string of the molecule is Cc1ccc(-n2c(SCc3ccc([N+](=O)[O-])cc3)nnc2-c2ccccc2)cc1C. The Hall–Kier alpha value is -3.45. The highest BCUT2D eigenvalue weighted by Crippen LogP contribution is 2.30. The predicted molar refractivity (Wildman–Crippen MR) is 119 cm³/mol. The van der Waals surface area contributed by atoms with Gasteiger partial charge in [-0.15, -0.1) is 10.2 Å². The van der Waals surface area contributed by atoms with E-state index in [4.69, 9.17) is 0 Å². The Morgan fingerprint density at radius 3 is 2.33 bits per heavy atom. The minimum absolute atomic E-state index is 0.0911. The Labute approximate surface area is 178 Å². The maximum Gasteiger partial charge on any atom is 0.269 e. The topological polar surface area (TPSA) is 73.8 Å². The van der Waals surface area contributed by atoms with E-state index in [1.165, 1.54) is 23.3 Å². The molecule has 30 heavy (non-hydrogen) atoms. The monoisotopic (exact) mass is 416 g/mol. The third kappa shape index (κ3) is 4.11. The number of aryl methyl sites for hydroxylation is 2. The summed E-state index contributed by atoms with van der Waals surface area (Å²) in [5.74, 6) is 1.42. The van der Waals surface area contributed by atoms with Crippen LogP contribution in [0.1, 0.15) is 16.7 Å². The molecule has 0 aliphatic heterocycles. The molecule has 6 nitrogen and oxygen atoms in total. The Kier molecular flexibility index (Phi) is 5.63. The zero-order valence-electron chi connectivity index (χ0n) is 16.6. The van der Waals surface area contributed by atoms with Crippen molar-refractivity contribution in [2.24, 2.45) is 0 Å². The molecule has 1 heterocycles. The largest absolute Gasteiger partial charge is 0.270 e. The average Bonchev–Trinajstić information content (AvgIpc) is 3.19. The number of rotatable bonds is 6. The minimum Gasteiger partial charge on any atom is -0.270 e. The van der Waals surface area contributed by atoms with Crippen molar-refractivity contribution in [2.75, 3.05) is 0 Å². The summed E-state index contributed by atoms with van der Waals surface area (Å²) in [6, 6.07) is 22.9. The molecule has 0 bridgehead atoms. The van der Waals surface area contributed by atoms with Gasteiger partial charge in [-0.2, -0.15) is 0 Å². The molecule has 4 aromatic rings. The summed E-state index contributed by atoms with van der Waals surface area (Å²) in [6.07, 6.45) is 0. The first kappa shape index (κ1) is 19.8. The lowest BCUT2D eigenvalue weighted by atomic mass is 10.1. The third-order valence-electron chi connectivity index (χ3n) is 4.93. The third-order valence-corrected chi connectivity index (χ3v) is 5.93. The Balaban J connectivity index is 1.69. The molecule has 4 rings (SSSR count). The van der Waals surface area contributed by atoms with Crippen molar-refractivity contribution in [1.82, 2.24) is 14.8 Å². The quantitative estimate of drug-likeness (QED) is 0.227. The van der Waals surface area contributed by atoms with Gasteiger partial charge in [0.25, 0.3) is 5.69 Å². The molecule has 0 atom stereocenters. The molecule has 3 aromatic carbocycles. The van der Waals surface area contributed by atoms with Gasteiger partial charge in [-0.05, 0) is 42.7 Å². The Morgan fingerprint density at radius 1 is 0.933 bits per heavy atom. The van der Waals surface area contributed by atoms with E-state index in [9.17, 15) is 10.1 Å². The van der Waals surface area contributed by atoms with Gasteiger partial charge < -0.3 is 0 Å². The number of non-ortho nitro benzene ring substituents is 1. The molecule has 0 N–H and O–H groups in total. The van der Waals surface area contributed by atoms with Gasteiger partial charge in [-0.1, -0.05) is 60.3 Å². The van der Waals surface area contributed by atoms with Crippen LogP contribution in [0.5, 0.6) is 0 Å². The van der Waals surface area contributed by atoms with Gasteiger partial charge in [-0.3, -0.25) is 14.7 Å². The van der Waals surface area contributed by atoms with E-state index in [1.807, 2.05) is 30.3 Å². The second kappa shape index (κ2) is 8.51. The van der Waals surface area contributed by atoms with Crippen molar-refractivity contribution in [2.45, 2.75) is 24.8 Å². The van der Waals surface area contributed by atoms with Crippen LogP contribution in [0.2, 0.25) is 0 Å². The van der Waals surface area contributed by atoms with E-state index in [-0.39, 0.29) is 10.6 Å². The van der Waals surface area contributed by atoms with Gasteiger partial charge in [0.05, 0.1) is 10.6 Å². The van der Waals surface area contributed by atoms with Crippen LogP contribution in [-0.2, 0) is 5.75 Å². The van der Waals surface area contributed by atoms with E-state index < -0.39 is 0 Å². The summed E-state index contributed by atoms with van der Waals surface area (Å²) in [5.41, 5.74) is 5.51. The van der Waals surface area contributed by atoms with Crippen LogP contribution in [0.15, 0.2) is 78.0 Å². The first-order chi connectivity index (χ1) is 14.5. The summed E-state index contributed by atoms with van der Waals surface area (Å²) in [6.45, 7) is 4.18. The summed E-state index contributed by atoms with van der Waals surface area (Å²) < 4.78 is 2.07. The number of aromatic nitrogens is 3. The van der Waals surface area contributed by atoms with Gasteiger partial charge in [0, 0.05) is 23.4 Å². The molecule has 0 amide bonds. The van der Waals surface area contributed by atoms with E-state index in [1.54, 1.807) is 23.9 Å². The fourth-order valence-electron chi connectivity index (χ4n) is 3.10. The summed E-state index contributed by atoms with van der Waals surface area (Å²) >= 11 is 1.55. The van der Waals surface area contributed by atoms with E-state index >= 15 is 0 Å². The number of thioether (sulfide) groups is 1. The maximum atomic E-state index is 10.9. The Bertz CT molecular complexity index is 1190. The zero-order chi connectivity index (χ0) is 21.1. The maximum absolute atomic E-state index is 10.9. The second-order valence-corrected chi connectivity index (χ2v) is 7.93. The lowest BCUT2D eigenvalue weighted by molar-refractivity contribution is -0.384. The standard InChI is InChI=1S/C23H20N4O2S/c1-16-8-11-21(14-17(16)2)26-22(19-6-4-3-5-7-19)24-25-23(26)30-15-18-9-12-20(13-10-18)27(28)29/h3-14H,15H2,1-2H3. The first-order valence-corrected chi connectivity index (χ1v) is 10.5. The second-order valence-electron chi connectivity index (χ2n) is 6.99. The van der Waals surface area contributed by atoms with Crippen molar-refractivity contribution in [3.8, 4) is 17.1 Å². The average molecular weight is 417 g/mol. The summed E-state index contributed by atoms with van der Waals surface area (Å²) in [4.78, 5) is 10.5. The number of nitro groups is 1. The predicted octanol–water partition coefficient (Wildman–Crippen LogP) is 5.75. The number of benzene rings is 3. The molecular weight excluding hydrogens is 396 g/mol. The molecule has 0 radical (unpaired) electrons. The van der Waals surface area contributed by atoms with Crippen LogP contribution in [-0.4, -0.2) is 19.7 Å². The summed E-state index contributed by atoms with van der Waals surface area (Å²) in [7, 11) is 0. The fourth-order valence-corrected chi connectivity index (χ4v) is 4.00. The van der Waals surface area contributed by atoms with Gasteiger partial charge in [0.15, 0.2) is 11.0 Å². The Morgan fingerprint density at radius 2 is 1.67 bits per heavy atom. The molecule has 7 heteroatoms. The number of hydrogen-bond acceptors (Lipinski definition) is 5. The van der Waals surface area contributed by atoms with Crippen molar-refractivity contribution < 1.29 is 4.92 Å². The molecule has 0 spiro atoms. The lowest BCUT2D eigenvalue weighted by Crippen LogP contribution is -2.01. The van der Waals surface area contributed by atoms with Crippen LogP contribution in [0, 0.1) is 24.0 Å². The van der Waals surface area contributed by atoms with E-state index in [0.29, 0.717) is 5.75 Å². The van der Waals surface area contributed by atoms with Gasteiger partial charge in [-0.25, -0.2) is 0 Å². The highest BCUT2D eigenvalue weighted by atomic mass is 32.2. The molecule has 0 fully saturated rings. The van der Waals surface area contributed by atoms with E-state index in [0.717, 1.165) is 27.8 Å². The van der Waals surface area contributed by atoms with Crippen LogP contribution >= 0.6 is 11.8 Å². The highest BCUT2D eigenvalue weighted by molar-refractivity contribution is 7.98. The number of hydrogen-bond donors (Lipinski definition) is 0. The van der Waals surface area contributed by atoms with Crippen molar-refractivity contribution in [3.63, 3.8) is 0 Å². The summed E-state index contributed by atoms with van der Waals surface area (Å²) in [5, 5.41) is 20.6. The first-order valence-electron chi connectivity index (χ1n) is 9.47. The number of nitrogens with zero attached hydrogens (tertiary/aromatic N) is 4.